The highest BCUT2D eigenvalue weighted by Gasteiger charge is 2.33. The fraction of sp³-hybridized carbons (Fsp3) is 0.222. The van der Waals surface area contributed by atoms with Gasteiger partial charge in [0.05, 0.1) is 6.42 Å². The van der Waals surface area contributed by atoms with E-state index in [1.807, 2.05) is 55.5 Å². The lowest BCUT2D eigenvalue weighted by Gasteiger charge is -2.18. The SMILES string of the molecule is Cc1ccc(C(=O)N2C[C@H](CC(=O)O)c3ccccc32)cc1. The highest BCUT2D eigenvalue weighted by Crippen LogP contribution is 2.38. The van der Waals surface area contributed by atoms with Crippen LogP contribution in [0.5, 0.6) is 0 Å². The molecule has 1 amide bonds. The number of carboxylic acids is 1. The van der Waals surface area contributed by atoms with Crippen molar-refractivity contribution in [2.24, 2.45) is 0 Å². The largest absolute Gasteiger partial charge is 0.481 e. The van der Waals surface area contributed by atoms with Crippen molar-refractivity contribution in [1.29, 1.82) is 0 Å². The molecule has 0 fully saturated rings. The number of anilines is 1. The second-order valence-electron chi connectivity index (χ2n) is 5.64. The second kappa shape index (κ2) is 5.64. The number of hydrogen-bond acceptors (Lipinski definition) is 2. The Kier molecular flexibility index (Phi) is 3.67. The Bertz CT molecular complexity index is 721. The van der Waals surface area contributed by atoms with Gasteiger partial charge in [0.15, 0.2) is 0 Å². The molecule has 1 heterocycles. The third-order valence-electron chi connectivity index (χ3n) is 4.04. The molecule has 2 aromatic rings. The fourth-order valence-corrected chi connectivity index (χ4v) is 2.93. The average Bonchev–Trinajstić information content (AvgIpc) is 2.86. The number of fused-ring (bicyclic) bond motifs is 1. The van der Waals surface area contributed by atoms with E-state index >= 15 is 0 Å². The molecular formula is C18H17NO3. The summed E-state index contributed by atoms with van der Waals surface area (Å²) in [5.41, 5.74) is 3.48. The number of carbonyl (C=O) groups excluding carboxylic acids is 1. The van der Waals surface area contributed by atoms with Gasteiger partial charge in [0.2, 0.25) is 0 Å². The Morgan fingerprint density at radius 3 is 2.50 bits per heavy atom. The van der Waals surface area contributed by atoms with Crippen molar-refractivity contribution in [3.05, 3.63) is 65.2 Å². The third-order valence-corrected chi connectivity index (χ3v) is 4.04. The summed E-state index contributed by atoms with van der Waals surface area (Å²) in [5.74, 6) is -1.08. The van der Waals surface area contributed by atoms with Gasteiger partial charge in [-0.2, -0.15) is 0 Å². The molecule has 0 unspecified atom stereocenters. The van der Waals surface area contributed by atoms with Crippen LogP contribution in [0.2, 0.25) is 0 Å². The number of carbonyl (C=O) groups is 2. The Morgan fingerprint density at radius 2 is 1.82 bits per heavy atom. The zero-order chi connectivity index (χ0) is 15.7. The van der Waals surface area contributed by atoms with E-state index in [1.54, 1.807) is 4.90 Å². The van der Waals surface area contributed by atoms with Gasteiger partial charge in [0.25, 0.3) is 5.91 Å². The van der Waals surface area contributed by atoms with Crippen LogP contribution in [0.3, 0.4) is 0 Å². The van der Waals surface area contributed by atoms with Crippen molar-refractivity contribution in [3.63, 3.8) is 0 Å². The van der Waals surface area contributed by atoms with Crippen LogP contribution in [0.4, 0.5) is 5.69 Å². The van der Waals surface area contributed by atoms with Gasteiger partial charge >= 0.3 is 5.97 Å². The molecule has 2 aromatic carbocycles. The molecule has 4 nitrogen and oxygen atoms in total. The molecule has 0 saturated carbocycles. The third kappa shape index (κ3) is 2.60. The summed E-state index contributed by atoms with van der Waals surface area (Å²) in [7, 11) is 0. The summed E-state index contributed by atoms with van der Waals surface area (Å²) in [6.07, 6.45) is 0.0364. The minimum atomic E-state index is -0.843. The number of aryl methyl sites for hydroxylation is 1. The normalized spacial score (nSPS) is 16.4. The van der Waals surface area contributed by atoms with Gasteiger partial charge in [0, 0.05) is 23.7 Å². The Labute approximate surface area is 129 Å². The lowest BCUT2D eigenvalue weighted by atomic mass is 9.98. The van der Waals surface area contributed by atoms with E-state index < -0.39 is 5.97 Å². The van der Waals surface area contributed by atoms with E-state index in [4.69, 9.17) is 5.11 Å². The summed E-state index contributed by atoms with van der Waals surface area (Å²) in [6.45, 7) is 2.39. The predicted octanol–water partition coefficient (Wildman–Crippen LogP) is 3.21. The molecule has 1 aliphatic heterocycles. The monoisotopic (exact) mass is 295 g/mol. The summed E-state index contributed by atoms with van der Waals surface area (Å²) in [5, 5.41) is 9.07. The molecule has 0 aliphatic carbocycles. The molecule has 0 saturated heterocycles. The van der Waals surface area contributed by atoms with Crippen molar-refractivity contribution in [2.45, 2.75) is 19.3 Å². The predicted molar refractivity (Wildman–Crippen MR) is 84.3 cm³/mol. The van der Waals surface area contributed by atoms with Crippen LogP contribution in [-0.2, 0) is 4.79 Å². The average molecular weight is 295 g/mol. The first-order valence-electron chi connectivity index (χ1n) is 7.25. The standard InChI is InChI=1S/C18H17NO3/c1-12-6-8-13(9-7-12)18(22)19-11-14(10-17(20)21)15-4-2-3-5-16(15)19/h2-9,14H,10-11H2,1H3,(H,20,21)/t14-/m0/s1. The zero-order valence-electron chi connectivity index (χ0n) is 12.3. The van der Waals surface area contributed by atoms with Crippen molar-refractivity contribution < 1.29 is 14.7 Å². The maximum Gasteiger partial charge on any atom is 0.304 e. The van der Waals surface area contributed by atoms with Crippen molar-refractivity contribution >= 4 is 17.6 Å². The zero-order valence-corrected chi connectivity index (χ0v) is 12.3. The molecular weight excluding hydrogens is 278 g/mol. The fourth-order valence-electron chi connectivity index (χ4n) is 2.93. The first kappa shape index (κ1) is 14.3. The van der Waals surface area contributed by atoms with Gasteiger partial charge in [-0.25, -0.2) is 0 Å². The van der Waals surface area contributed by atoms with Gasteiger partial charge in [0.1, 0.15) is 0 Å². The van der Waals surface area contributed by atoms with Crippen LogP contribution in [0.1, 0.15) is 33.8 Å². The van der Waals surface area contributed by atoms with E-state index in [1.165, 1.54) is 0 Å². The van der Waals surface area contributed by atoms with Crippen molar-refractivity contribution in [2.75, 3.05) is 11.4 Å². The maximum atomic E-state index is 12.7. The second-order valence-corrected chi connectivity index (χ2v) is 5.64. The van der Waals surface area contributed by atoms with Crippen molar-refractivity contribution in [1.82, 2.24) is 0 Å². The van der Waals surface area contributed by atoms with Gasteiger partial charge in [-0.05, 0) is 30.7 Å². The molecule has 0 spiro atoms. The molecule has 1 atom stereocenters. The van der Waals surface area contributed by atoms with E-state index in [0.717, 1.165) is 16.8 Å². The van der Waals surface area contributed by atoms with Gasteiger partial charge < -0.3 is 10.0 Å². The van der Waals surface area contributed by atoms with Gasteiger partial charge in [-0.1, -0.05) is 35.9 Å². The molecule has 0 aromatic heterocycles. The first-order valence-corrected chi connectivity index (χ1v) is 7.25. The number of benzene rings is 2. The summed E-state index contributed by atoms with van der Waals surface area (Å²) in [6, 6.07) is 15.0. The number of rotatable bonds is 3. The summed E-state index contributed by atoms with van der Waals surface area (Å²) in [4.78, 5) is 25.5. The number of hydrogen-bond donors (Lipinski definition) is 1. The van der Waals surface area contributed by atoms with Crippen LogP contribution >= 0.6 is 0 Å². The number of aliphatic carboxylic acids is 1. The molecule has 4 heteroatoms. The molecule has 22 heavy (non-hydrogen) atoms. The molecule has 1 N–H and O–H groups in total. The molecule has 112 valence electrons. The van der Waals surface area contributed by atoms with E-state index in [9.17, 15) is 9.59 Å². The summed E-state index contributed by atoms with van der Waals surface area (Å²) >= 11 is 0. The Hall–Kier alpha value is -2.62. The van der Waals surface area contributed by atoms with Gasteiger partial charge in [-0.3, -0.25) is 9.59 Å². The first-order chi connectivity index (χ1) is 10.6. The number of amides is 1. The number of para-hydroxylation sites is 1. The smallest absolute Gasteiger partial charge is 0.304 e. The Morgan fingerprint density at radius 1 is 1.14 bits per heavy atom. The molecule has 0 bridgehead atoms. The Balaban J connectivity index is 1.93. The maximum absolute atomic E-state index is 12.7. The van der Waals surface area contributed by atoms with E-state index in [-0.39, 0.29) is 18.2 Å². The van der Waals surface area contributed by atoms with Gasteiger partial charge in [-0.15, -0.1) is 0 Å². The van der Waals surface area contributed by atoms with E-state index in [0.29, 0.717) is 12.1 Å². The molecule has 1 aliphatic rings. The highest BCUT2D eigenvalue weighted by atomic mass is 16.4. The van der Waals surface area contributed by atoms with Crippen molar-refractivity contribution in [3.8, 4) is 0 Å². The highest BCUT2D eigenvalue weighted by molar-refractivity contribution is 6.07. The minimum absolute atomic E-state index is 0.0364. The number of nitrogens with zero attached hydrogens (tertiary/aromatic N) is 1. The minimum Gasteiger partial charge on any atom is -0.481 e. The lowest BCUT2D eigenvalue weighted by Crippen LogP contribution is -2.30. The molecule has 3 rings (SSSR count). The lowest BCUT2D eigenvalue weighted by molar-refractivity contribution is -0.137. The number of carboxylic acid groups (broad SMARTS) is 1. The van der Waals surface area contributed by atoms with Crippen LogP contribution in [-0.4, -0.2) is 23.5 Å². The van der Waals surface area contributed by atoms with Crippen LogP contribution in [0.15, 0.2) is 48.5 Å². The quantitative estimate of drug-likeness (QED) is 0.946. The van der Waals surface area contributed by atoms with E-state index in [2.05, 4.69) is 0 Å². The topological polar surface area (TPSA) is 57.6 Å². The summed E-state index contributed by atoms with van der Waals surface area (Å²) < 4.78 is 0. The van der Waals surface area contributed by atoms with Crippen LogP contribution in [0.25, 0.3) is 0 Å². The molecule has 0 radical (unpaired) electrons. The van der Waals surface area contributed by atoms with Crippen LogP contribution in [0, 0.1) is 6.92 Å². The van der Waals surface area contributed by atoms with Crippen LogP contribution < -0.4 is 4.90 Å².